The zero-order valence-electron chi connectivity index (χ0n) is 14.9. The van der Waals surface area contributed by atoms with Crippen molar-refractivity contribution in [2.75, 3.05) is 37.6 Å². The van der Waals surface area contributed by atoms with Crippen LogP contribution < -0.4 is 15.5 Å². The highest BCUT2D eigenvalue weighted by atomic mass is 35.5. The van der Waals surface area contributed by atoms with Crippen molar-refractivity contribution in [3.63, 3.8) is 0 Å². The van der Waals surface area contributed by atoms with Crippen molar-refractivity contribution in [2.24, 2.45) is 0 Å². The summed E-state index contributed by atoms with van der Waals surface area (Å²) in [4.78, 5) is 32.2. The zero-order chi connectivity index (χ0) is 19.1. The number of carbonyl (C=O) groups excluding carboxylic acids is 2. The van der Waals surface area contributed by atoms with Gasteiger partial charge in [-0.15, -0.1) is 0 Å². The first-order valence-electron chi connectivity index (χ1n) is 8.82. The first kappa shape index (κ1) is 19.0. The summed E-state index contributed by atoms with van der Waals surface area (Å²) in [5.41, 5.74) is 1.82. The molecule has 2 N–H and O–H groups in total. The Morgan fingerprint density at radius 3 is 2.56 bits per heavy atom. The van der Waals surface area contributed by atoms with Gasteiger partial charge in [-0.2, -0.15) is 0 Å². The zero-order valence-corrected chi connectivity index (χ0v) is 15.7. The van der Waals surface area contributed by atoms with E-state index in [2.05, 4.69) is 20.5 Å². The number of amides is 3. The molecule has 0 spiro atoms. The number of halogens is 1. The van der Waals surface area contributed by atoms with Crippen LogP contribution in [0.25, 0.3) is 0 Å². The Balaban J connectivity index is 1.38. The van der Waals surface area contributed by atoms with E-state index in [1.54, 1.807) is 11.1 Å². The summed E-state index contributed by atoms with van der Waals surface area (Å²) in [6.45, 7) is 2.91. The molecule has 7 nitrogen and oxygen atoms in total. The molecule has 3 rings (SSSR count). The Morgan fingerprint density at radius 2 is 1.85 bits per heavy atom. The maximum atomic E-state index is 12.3. The molecule has 1 saturated heterocycles. The second-order valence-corrected chi connectivity index (χ2v) is 6.65. The van der Waals surface area contributed by atoms with Gasteiger partial charge >= 0.3 is 6.03 Å². The van der Waals surface area contributed by atoms with E-state index in [0.717, 1.165) is 24.5 Å². The van der Waals surface area contributed by atoms with E-state index < -0.39 is 0 Å². The lowest BCUT2D eigenvalue weighted by Crippen LogP contribution is -2.53. The molecule has 3 amide bonds. The normalized spacial score (nSPS) is 14.0. The van der Waals surface area contributed by atoms with E-state index in [4.69, 9.17) is 11.6 Å². The number of aromatic nitrogens is 1. The van der Waals surface area contributed by atoms with Gasteiger partial charge in [-0.05, 0) is 30.3 Å². The van der Waals surface area contributed by atoms with E-state index >= 15 is 0 Å². The molecule has 2 aromatic rings. The molecule has 1 aromatic heterocycles. The quantitative estimate of drug-likeness (QED) is 0.821. The number of carbonyl (C=O) groups is 2. The lowest BCUT2D eigenvalue weighted by atomic mass is 10.2. The maximum absolute atomic E-state index is 12.3. The number of urea groups is 1. The van der Waals surface area contributed by atoms with Crippen molar-refractivity contribution >= 4 is 29.2 Å². The van der Waals surface area contributed by atoms with Gasteiger partial charge in [0.2, 0.25) is 5.91 Å². The Bertz CT molecular complexity index is 779. The predicted octanol–water partition coefficient (Wildman–Crippen LogP) is 1.88. The Kier molecular flexibility index (Phi) is 6.49. The van der Waals surface area contributed by atoms with Gasteiger partial charge in [-0.1, -0.05) is 23.7 Å². The maximum Gasteiger partial charge on any atom is 0.317 e. The summed E-state index contributed by atoms with van der Waals surface area (Å²) in [5.74, 6) is -0.244. The largest absolute Gasteiger partial charge is 0.368 e. The fourth-order valence-electron chi connectivity index (χ4n) is 2.86. The van der Waals surface area contributed by atoms with Crippen LogP contribution >= 0.6 is 11.6 Å². The predicted molar refractivity (Wildman–Crippen MR) is 105 cm³/mol. The molecule has 1 fully saturated rings. The molecule has 2 heterocycles. The Hall–Kier alpha value is -2.80. The van der Waals surface area contributed by atoms with Gasteiger partial charge < -0.3 is 20.4 Å². The van der Waals surface area contributed by atoms with Gasteiger partial charge in [0.1, 0.15) is 0 Å². The van der Waals surface area contributed by atoms with E-state index in [-0.39, 0.29) is 18.5 Å². The van der Waals surface area contributed by atoms with Gasteiger partial charge in [0.15, 0.2) is 0 Å². The highest BCUT2D eigenvalue weighted by molar-refractivity contribution is 6.30. The van der Waals surface area contributed by atoms with Crippen LogP contribution in [0.3, 0.4) is 0 Å². The van der Waals surface area contributed by atoms with Crippen molar-refractivity contribution in [3.05, 3.63) is 59.4 Å². The van der Waals surface area contributed by atoms with Gasteiger partial charge in [0.05, 0.1) is 18.8 Å². The molecular formula is C19H22ClN5O2. The first-order valence-corrected chi connectivity index (χ1v) is 9.19. The van der Waals surface area contributed by atoms with Gasteiger partial charge in [0, 0.05) is 43.1 Å². The molecule has 8 heteroatoms. The lowest BCUT2D eigenvalue weighted by Gasteiger charge is -2.36. The number of anilines is 1. The molecule has 0 aliphatic carbocycles. The third-order valence-corrected chi connectivity index (χ3v) is 4.57. The van der Waals surface area contributed by atoms with E-state index in [9.17, 15) is 9.59 Å². The summed E-state index contributed by atoms with van der Waals surface area (Å²) in [7, 11) is 0. The Morgan fingerprint density at radius 1 is 1.04 bits per heavy atom. The third kappa shape index (κ3) is 5.59. The van der Waals surface area contributed by atoms with Crippen molar-refractivity contribution in [1.29, 1.82) is 0 Å². The summed E-state index contributed by atoms with van der Waals surface area (Å²) < 4.78 is 0. The van der Waals surface area contributed by atoms with Crippen LogP contribution in [0.4, 0.5) is 10.5 Å². The van der Waals surface area contributed by atoms with E-state index in [1.165, 1.54) is 0 Å². The second kappa shape index (κ2) is 9.23. The molecule has 1 aromatic carbocycles. The molecule has 0 saturated carbocycles. The lowest BCUT2D eigenvalue weighted by molar-refractivity contribution is -0.120. The number of benzene rings is 1. The smallest absolute Gasteiger partial charge is 0.317 e. The minimum Gasteiger partial charge on any atom is -0.368 e. The average Bonchev–Trinajstić information content (AvgIpc) is 2.71. The molecule has 0 atom stereocenters. The van der Waals surface area contributed by atoms with Crippen molar-refractivity contribution in [2.45, 2.75) is 6.54 Å². The van der Waals surface area contributed by atoms with E-state index in [1.807, 2.05) is 42.5 Å². The summed E-state index contributed by atoms with van der Waals surface area (Å²) in [6, 6.07) is 13.0. The van der Waals surface area contributed by atoms with Crippen LogP contribution in [0.2, 0.25) is 5.02 Å². The average molecular weight is 388 g/mol. The SMILES string of the molecule is O=C(CNC(=O)N1CCN(c2cccc(Cl)c2)CC1)NCc1ccccn1. The number of nitrogens with one attached hydrogen (secondary N) is 2. The minimum atomic E-state index is -0.244. The third-order valence-electron chi connectivity index (χ3n) is 4.33. The molecule has 0 bridgehead atoms. The highest BCUT2D eigenvalue weighted by Gasteiger charge is 2.21. The van der Waals surface area contributed by atoms with Gasteiger partial charge in [-0.3, -0.25) is 9.78 Å². The number of rotatable bonds is 5. The Labute approximate surface area is 163 Å². The highest BCUT2D eigenvalue weighted by Crippen LogP contribution is 2.20. The monoisotopic (exact) mass is 387 g/mol. The number of piperazine rings is 1. The van der Waals surface area contributed by atoms with Gasteiger partial charge in [0.25, 0.3) is 0 Å². The number of pyridine rings is 1. The standard InChI is InChI=1S/C19H22ClN5O2/c20-15-4-3-6-17(12-15)24-8-10-25(11-9-24)19(27)23-14-18(26)22-13-16-5-1-2-7-21-16/h1-7,12H,8-11,13-14H2,(H,22,26)(H,23,27). The summed E-state index contributed by atoms with van der Waals surface area (Å²) >= 11 is 6.04. The molecule has 1 aliphatic heterocycles. The van der Waals surface area contributed by atoms with E-state index in [0.29, 0.717) is 24.7 Å². The summed E-state index contributed by atoms with van der Waals surface area (Å²) in [5, 5.41) is 6.10. The van der Waals surface area contributed by atoms with Gasteiger partial charge in [-0.25, -0.2) is 4.79 Å². The van der Waals surface area contributed by atoms with Crippen LogP contribution in [0.5, 0.6) is 0 Å². The molecule has 142 valence electrons. The molecule has 0 radical (unpaired) electrons. The fraction of sp³-hybridized carbons (Fsp3) is 0.316. The fourth-order valence-corrected chi connectivity index (χ4v) is 3.05. The molecule has 27 heavy (non-hydrogen) atoms. The van der Waals surface area contributed by atoms with Crippen molar-refractivity contribution in [1.82, 2.24) is 20.5 Å². The number of hydrogen-bond donors (Lipinski definition) is 2. The molecule has 0 unspecified atom stereocenters. The second-order valence-electron chi connectivity index (χ2n) is 6.21. The van der Waals surface area contributed by atoms with Crippen LogP contribution in [0, 0.1) is 0 Å². The number of hydrogen-bond acceptors (Lipinski definition) is 4. The van der Waals surface area contributed by atoms with Crippen molar-refractivity contribution in [3.8, 4) is 0 Å². The topological polar surface area (TPSA) is 77.6 Å². The minimum absolute atomic E-state index is 0.0554. The first-order chi connectivity index (χ1) is 13.1. The van der Waals surface area contributed by atoms with Crippen LogP contribution in [0.15, 0.2) is 48.7 Å². The molecule has 1 aliphatic rings. The van der Waals surface area contributed by atoms with Crippen LogP contribution in [-0.4, -0.2) is 54.5 Å². The molecular weight excluding hydrogens is 366 g/mol. The van der Waals surface area contributed by atoms with Crippen molar-refractivity contribution < 1.29 is 9.59 Å². The van der Waals surface area contributed by atoms with Crippen LogP contribution in [-0.2, 0) is 11.3 Å². The van der Waals surface area contributed by atoms with Crippen LogP contribution in [0.1, 0.15) is 5.69 Å². The number of nitrogens with zero attached hydrogens (tertiary/aromatic N) is 3. The summed E-state index contributed by atoms with van der Waals surface area (Å²) in [6.07, 6.45) is 1.67.